The van der Waals surface area contributed by atoms with Crippen molar-refractivity contribution in [3.8, 4) is 0 Å². The van der Waals surface area contributed by atoms with E-state index in [9.17, 15) is 5.11 Å². The second-order valence-electron chi connectivity index (χ2n) is 3.91. The number of hydrogen-bond acceptors (Lipinski definition) is 4. The van der Waals surface area contributed by atoms with Crippen molar-refractivity contribution in [2.24, 2.45) is 0 Å². The summed E-state index contributed by atoms with van der Waals surface area (Å²) in [5, 5.41) is 12.8. The lowest BCUT2D eigenvalue weighted by molar-refractivity contribution is 0.134. The van der Waals surface area contributed by atoms with Gasteiger partial charge in [-0.15, -0.1) is 0 Å². The van der Waals surface area contributed by atoms with Gasteiger partial charge in [-0.05, 0) is 25.7 Å². The highest BCUT2D eigenvalue weighted by atomic mass is 16.3. The van der Waals surface area contributed by atoms with Gasteiger partial charge in [-0.3, -0.25) is 4.98 Å². The Bertz CT molecular complexity index is 264. The van der Waals surface area contributed by atoms with E-state index in [4.69, 9.17) is 0 Å². The Morgan fingerprint density at radius 1 is 1.53 bits per heavy atom. The molecule has 0 aromatic carbocycles. The maximum absolute atomic E-state index is 9.58. The van der Waals surface area contributed by atoms with Crippen LogP contribution in [-0.4, -0.2) is 48.3 Å². The largest absolute Gasteiger partial charge is 0.390 e. The van der Waals surface area contributed by atoms with Gasteiger partial charge in [0.25, 0.3) is 0 Å². The molecule has 1 aromatic rings. The van der Waals surface area contributed by atoms with Crippen LogP contribution in [0.25, 0.3) is 0 Å². The SMILES string of the molecule is CN(C)CC(O)CNCc1cccnc1. The molecule has 0 spiro atoms. The summed E-state index contributed by atoms with van der Waals surface area (Å²) < 4.78 is 0. The maximum atomic E-state index is 9.58. The molecule has 1 atom stereocenters. The number of aliphatic hydroxyl groups is 1. The first kappa shape index (κ1) is 12.1. The van der Waals surface area contributed by atoms with Gasteiger partial charge in [0.05, 0.1) is 6.10 Å². The highest BCUT2D eigenvalue weighted by molar-refractivity contribution is 5.07. The summed E-state index contributed by atoms with van der Waals surface area (Å²) in [6.07, 6.45) is 3.26. The zero-order chi connectivity index (χ0) is 11.1. The molecule has 4 nitrogen and oxygen atoms in total. The Kier molecular flexibility index (Phi) is 5.25. The Morgan fingerprint density at radius 3 is 2.93 bits per heavy atom. The molecule has 4 heteroatoms. The molecular weight excluding hydrogens is 190 g/mol. The molecule has 0 aliphatic rings. The molecule has 0 aliphatic heterocycles. The minimum absolute atomic E-state index is 0.323. The highest BCUT2D eigenvalue weighted by Gasteiger charge is 2.04. The average molecular weight is 209 g/mol. The molecule has 1 rings (SSSR count). The van der Waals surface area contributed by atoms with Crippen molar-refractivity contribution < 1.29 is 5.11 Å². The summed E-state index contributed by atoms with van der Waals surface area (Å²) in [6.45, 7) is 2.03. The minimum Gasteiger partial charge on any atom is -0.390 e. The number of rotatable bonds is 6. The van der Waals surface area contributed by atoms with Gasteiger partial charge in [-0.25, -0.2) is 0 Å². The van der Waals surface area contributed by atoms with Gasteiger partial charge in [-0.1, -0.05) is 6.07 Å². The van der Waals surface area contributed by atoms with E-state index in [1.54, 1.807) is 6.20 Å². The summed E-state index contributed by atoms with van der Waals surface area (Å²) >= 11 is 0. The Hall–Kier alpha value is -0.970. The number of hydrogen-bond donors (Lipinski definition) is 2. The number of nitrogens with one attached hydrogen (secondary N) is 1. The van der Waals surface area contributed by atoms with Crippen LogP contribution in [0, 0.1) is 0 Å². The van der Waals surface area contributed by atoms with Crippen molar-refractivity contribution in [2.45, 2.75) is 12.6 Å². The molecule has 0 saturated heterocycles. The van der Waals surface area contributed by atoms with Gasteiger partial charge in [-0.2, -0.15) is 0 Å². The predicted molar refractivity (Wildman–Crippen MR) is 60.5 cm³/mol. The molecule has 15 heavy (non-hydrogen) atoms. The fourth-order valence-electron chi connectivity index (χ4n) is 1.37. The van der Waals surface area contributed by atoms with Gasteiger partial charge in [0.1, 0.15) is 0 Å². The predicted octanol–water partition coefficient (Wildman–Crippen LogP) is 0.0937. The third-order valence-electron chi connectivity index (χ3n) is 2.01. The smallest absolute Gasteiger partial charge is 0.0791 e. The van der Waals surface area contributed by atoms with E-state index in [2.05, 4.69) is 10.3 Å². The lowest BCUT2D eigenvalue weighted by Crippen LogP contribution is -2.34. The van der Waals surface area contributed by atoms with Crippen molar-refractivity contribution in [1.82, 2.24) is 15.2 Å². The van der Waals surface area contributed by atoms with Crippen molar-refractivity contribution in [2.75, 3.05) is 27.2 Å². The molecule has 0 bridgehead atoms. The van der Waals surface area contributed by atoms with Crippen molar-refractivity contribution >= 4 is 0 Å². The molecule has 2 N–H and O–H groups in total. The molecular formula is C11H19N3O. The molecule has 0 aliphatic carbocycles. The molecule has 84 valence electrons. The number of aliphatic hydroxyl groups excluding tert-OH is 1. The van der Waals surface area contributed by atoms with Crippen LogP contribution in [-0.2, 0) is 6.54 Å². The zero-order valence-corrected chi connectivity index (χ0v) is 9.35. The van der Waals surface area contributed by atoms with Gasteiger partial charge in [0.2, 0.25) is 0 Å². The second kappa shape index (κ2) is 6.50. The number of aromatic nitrogens is 1. The minimum atomic E-state index is -0.323. The lowest BCUT2D eigenvalue weighted by atomic mass is 10.2. The van der Waals surface area contributed by atoms with Crippen molar-refractivity contribution in [3.05, 3.63) is 30.1 Å². The monoisotopic (exact) mass is 209 g/mol. The zero-order valence-electron chi connectivity index (χ0n) is 9.35. The van der Waals surface area contributed by atoms with Gasteiger partial charge < -0.3 is 15.3 Å². The van der Waals surface area contributed by atoms with E-state index in [0.29, 0.717) is 13.1 Å². The van der Waals surface area contributed by atoms with E-state index in [1.165, 1.54) is 0 Å². The fraction of sp³-hybridized carbons (Fsp3) is 0.545. The molecule has 1 aromatic heterocycles. The first-order valence-electron chi connectivity index (χ1n) is 5.11. The molecule has 0 fully saturated rings. The summed E-state index contributed by atoms with van der Waals surface area (Å²) in [7, 11) is 3.90. The number of nitrogens with zero attached hydrogens (tertiary/aromatic N) is 2. The summed E-state index contributed by atoms with van der Waals surface area (Å²) in [6, 6.07) is 3.92. The van der Waals surface area contributed by atoms with Crippen molar-refractivity contribution in [1.29, 1.82) is 0 Å². The number of likely N-dealkylation sites (N-methyl/N-ethyl adjacent to an activating group) is 1. The van der Waals surface area contributed by atoms with Crippen LogP contribution in [0.4, 0.5) is 0 Å². The van der Waals surface area contributed by atoms with E-state index in [0.717, 1.165) is 12.1 Å². The highest BCUT2D eigenvalue weighted by Crippen LogP contribution is 1.94. The van der Waals surface area contributed by atoms with Crippen LogP contribution in [0.1, 0.15) is 5.56 Å². The van der Waals surface area contributed by atoms with E-state index < -0.39 is 0 Å². The van der Waals surface area contributed by atoms with Gasteiger partial charge >= 0.3 is 0 Å². The summed E-state index contributed by atoms with van der Waals surface area (Å²) in [4.78, 5) is 5.99. The third-order valence-corrected chi connectivity index (χ3v) is 2.01. The normalized spacial score (nSPS) is 13.1. The third kappa shape index (κ3) is 5.47. The van der Waals surface area contributed by atoms with Crippen LogP contribution in [0.3, 0.4) is 0 Å². The number of pyridine rings is 1. The molecule has 1 heterocycles. The first-order chi connectivity index (χ1) is 7.18. The molecule has 1 unspecified atom stereocenters. The average Bonchev–Trinajstić information content (AvgIpc) is 2.18. The lowest BCUT2D eigenvalue weighted by Gasteiger charge is -2.16. The van der Waals surface area contributed by atoms with Gasteiger partial charge in [0, 0.05) is 32.0 Å². The maximum Gasteiger partial charge on any atom is 0.0791 e. The Morgan fingerprint density at radius 2 is 2.33 bits per heavy atom. The van der Waals surface area contributed by atoms with E-state index >= 15 is 0 Å². The van der Waals surface area contributed by atoms with Crippen LogP contribution >= 0.6 is 0 Å². The summed E-state index contributed by atoms with van der Waals surface area (Å²) in [5.41, 5.74) is 1.13. The van der Waals surface area contributed by atoms with Crippen LogP contribution < -0.4 is 5.32 Å². The quantitative estimate of drug-likeness (QED) is 0.697. The topological polar surface area (TPSA) is 48.4 Å². The van der Waals surface area contributed by atoms with Crippen LogP contribution in [0.15, 0.2) is 24.5 Å². The fourth-order valence-corrected chi connectivity index (χ4v) is 1.37. The first-order valence-corrected chi connectivity index (χ1v) is 5.11. The Labute approximate surface area is 90.9 Å². The van der Waals surface area contributed by atoms with Crippen LogP contribution in [0.5, 0.6) is 0 Å². The standard InChI is InChI=1S/C11H19N3O/c1-14(2)9-11(15)8-13-7-10-4-3-5-12-6-10/h3-6,11,13,15H,7-9H2,1-2H3. The molecule has 0 saturated carbocycles. The second-order valence-corrected chi connectivity index (χ2v) is 3.91. The van der Waals surface area contributed by atoms with Crippen molar-refractivity contribution in [3.63, 3.8) is 0 Å². The molecule has 0 amide bonds. The van der Waals surface area contributed by atoms with E-state index in [-0.39, 0.29) is 6.10 Å². The summed E-state index contributed by atoms with van der Waals surface area (Å²) in [5.74, 6) is 0. The Balaban J connectivity index is 2.16. The van der Waals surface area contributed by atoms with E-state index in [1.807, 2.05) is 37.3 Å². The molecule has 0 radical (unpaired) electrons. The van der Waals surface area contributed by atoms with Crippen LogP contribution in [0.2, 0.25) is 0 Å². The van der Waals surface area contributed by atoms with Gasteiger partial charge in [0.15, 0.2) is 0 Å².